The van der Waals surface area contributed by atoms with E-state index in [0.717, 1.165) is 6.42 Å². The van der Waals surface area contributed by atoms with E-state index in [1.165, 1.54) is 6.26 Å². The van der Waals surface area contributed by atoms with Gasteiger partial charge < -0.3 is 15.6 Å². The van der Waals surface area contributed by atoms with Crippen LogP contribution in [0.2, 0.25) is 0 Å². The van der Waals surface area contributed by atoms with Crippen LogP contribution in [0.5, 0.6) is 0 Å². The molecule has 0 radical (unpaired) electrons. The van der Waals surface area contributed by atoms with Crippen LogP contribution in [0.15, 0.2) is 16.9 Å². The third kappa shape index (κ3) is 3.57. The summed E-state index contributed by atoms with van der Waals surface area (Å²) < 4.78 is 4.58. The van der Waals surface area contributed by atoms with E-state index in [9.17, 15) is 4.79 Å². The Bertz CT molecular complexity index is 272. The lowest BCUT2D eigenvalue weighted by Gasteiger charge is -2.06. The van der Waals surface area contributed by atoms with Crippen LogP contribution >= 0.6 is 0 Å². The average Bonchev–Trinajstić information content (AvgIpc) is 2.66. The Balaban J connectivity index is 2.23. The summed E-state index contributed by atoms with van der Waals surface area (Å²) in [6, 6.07) is 1.60. The fraction of sp³-hybridized carbons (Fsp3) is 0.556. The molecule has 1 aromatic heterocycles. The first kappa shape index (κ1) is 10.7. The van der Waals surface area contributed by atoms with Gasteiger partial charge in [0, 0.05) is 12.5 Å². The van der Waals surface area contributed by atoms with Gasteiger partial charge in [0.05, 0.1) is 0 Å². The first-order valence-corrected chi connectivity index (χ1v) is 4.62. The van der Waals surface area contributed by atoms with Crippen molar-refractivity contribution in [1.29, 1.82) is 0 Å². The predicted molar refractivity (Wildman–Crippen MR) is 52.6 cm³/mol. The average molecular weight is 197 g/mol. The summed E-state index contributed by atoms with van der Waals surface area (Å²) in [7, 11) is 0. The number of anilines is 1. The van der Waals surface area contributed by atoms with Crippen LogP contribution in [0, 0.1) is 5.92 Å². The molecule has 1 heterocycles. The number of hydrogen-bond donors (Lipinski definition) is 2. The van der Waals surface area contributed by atoms with Gasteiger partial charge in [-0.25, -0.2) is 0 Å². The summed E-state index contributed by atoms with van der Waals surface area (Å²) in [4.78, 5) is 11.3. The number of hydrogen-bond acceptors (Lipinski definition) is 4. The minimum Gasteiger partial charge on any atom is -0.363 e. The number of rotatable bonds is 5. The molecule has 0 saturated carbocycles. The summed E-state index contributed by atoms with van der Waals surface area (Å²) in [6.07, 6.45) is 2.67. The maximum Gasteiger partial charge on any atom is 0.225 e. The summed E-state index contributed by atoms with van der Waals surface area (Å²) in [5.74, 6) is 0.771. The van der Waals surface area contributed by atoms with E-state index in [1.54, 1.807) is 6.07 Å². The maximum absolute atomic E-state index is 11.3. The maximum atomic E-state index is 11.3. The molecule has 1 aromatic rings. The van der Waals surface area contributed by atoms with Crippen molar-refractivity contribution >= 4 is 11.7 Å². The van der Waals surface area contributed by atoms with Crippen LogP contribution in [0.3, 0.4) is 0 Å². The van der Waals surface area contributed by atoms with E-state index >= 15 is 0 Å². The zero-order valence-electron chi connectivity index (χ0n) is 8.19. The van der Waals surface area contributed by atoms with Crippen molar-refractivity contribution < 1.29 is 9.32 Å². The summed E-state index contributed by atoms with van der Waals surface area (Å²) in [6.45, 7) is 2.63. The number of amides is 1. The molecule has 0 aliphatic carbocycles. The van der Waals surface area contributed by atoms with Crippen molar-refractivity contribution in [1.82, 2.24) is 5.16 Å². The summed E-state index contributed by atoms with van der Waals surface area (Å²) in [5.41, 5.74) is 5.44. The third-order valence-electron chi connectivity index (χ3n) is 1.97. The Morgan fingerprint density at radius 1 is 1.79 bits per heavy atom. The molecular weight excluding hydrogens is 182 g/mol. The van der Waals surface area contributed by atoms with Gasteiger partial charge in [0.25, 0.3) is 0 Å². The highest BCUT2D eigenvalue weighted by atomic mass is 16.5. The second-order valence-corrected chi connectivity index (χ2v) is 3.31. The second-order valence-electron chi connectivity index (χ2n) is 3.31. The summed E-state index contributed by atoms with van der Waals surface area (Å²) >= 11 is 0. The van der Waals surface area contributed by atoms with Gasteiger partial charge in [-0.3, -0.25) is 4.79 Å². The number of aromatic nitrogens is 1. The minimum absolute atomic E-state index is 0.0563. The fourth-order valence-corrected chi connectivity index (χ4v) is 0.978. The highest BCUT2D eigenvalue weighted by molar-refractivity contribution is 5.89. The van der Waals surface area contributed by atoms with Gasteiger partial charge in [-0.05, 0) is 18.9 Å². The van der Waals surface area contributed by atoms with Crippen molar-refractivity contribution in [2.45, 2.75) is 19.8 Å². The summed E-state index contributed by atoms with van der Waals surface area (Å²) in [5, 5.41) is 6.19. The lowest BCUT2D eigenvalue weighted by Crippen LogP contribution is -2.16. The fourth-order valence-electron chi connectivity index (χ4n) is 0.978. The van der Waals surface area contributed by atoms with Crippen molar-refractivity contribution in [3.63, 3.8) is 0 Å². The molecule has 1 rings (SSSR count). The molecule has 78 valence electrons. The highest BCUT2D eigenvalue weighted by Gasteiger charge is 2.06. The quantitative estimate of drug-likeness (QED) is 0.737. The van der Waals surface area contributed by atoms with E-state index < -0.39 is 0 Å². The Hall–Kier alpha value is -1.36. The van der Waals surface area contributed by atoms with Crippen LogP contribution in [0.1, 0.15) is 19.8 Å². The molecule has 1 atom stereocenters. The van der Waals surface area contributed by atoms with Gasteiger partial charge in [-0.2, -0.15) is 0 Å². The van der Waals surface area contributed by atoms with E-state index in [2.05, 4.69) is 15.0 Å². The Labute approximate surface area is 82.6 Å². The van der Waals surface area contributed by atoms with Gasteiger partial charge in [0.1, 0.15) is 6.26 Å². The van der Waals surface area contributed by atoms with Crippen LogP contribution in [-0.2, 0) is 4.79 Å². The number of nitrogens with one attached hydrogen (secondary N) is 1. The van der Waals surface area contributed by atoms with Crippen molar-refractivity contribution in [3.8, 4) is 0 Å². The zero-order valence-corrected chi connectivity index (χ0v) is 8.19. The van der Waals surface area contributed by atoms with Gasteiger partial charge in [-0.15, -0.1) is 0 Å². The monoisotopic (exact) mass is 197 g/mol. The highest BCUT2D eigenvalue weighted by Crippen LogP contribution is 2.06. The van der Waals surface area contributed by atoms with Crippen LogP contribution < -0.4 is 11.1 Å². The molecule has 0 saturated heterocycles. The Morgan fingerprint density at radius 2 is 2.57 bits per heavy atom. The lowest BCUT2D eigenvalue weighted by molar-refractivity contribution is -0.116. The molecule has 5 nitrogen and oxygen atoms in total. The standard InChI is InChI=1S/C9H15N3O2/c1-7(6-10)2-3-9(13)11-8-4-5-14-12-8/h4-5,7H,2-3,6,10H2,1H3,(H,11,12,13). The molecule has 3 N–H and O–H groups in total. The molecule has 5 heteroatoms. The van der Waals surface area contributed by atoms with E-state index in [-0.39, 0.29) is 5.91 Å². The first-order chi connectivity index (χ1) is 6.72. The van der Waals surface area contributed by atoms with Crippen LogP contribution in [0.4, 0.5) is 5.82 Å². The van der Waals surface area contributed by atoms with Gasteiger partial charge in [-0.1, -0.05) is 12.1 Å². The first-order valence-electron chi connectivity index (χ1n) is 4.62. The van der Waals surface area contributed by atoms with Crippen LogP contribution in [0.25, 0.3) is 0 Å². The number of nitrogens with two attached hydrogens (primary N) is 1. The molecule has 0 aromatic carbocycles. The van der Waals surface area contributed by atoms with E-state index in [0.29, 0.717) is 24.7 Å². The molecule has 1 unspecified atom stereocenters. The largest absolute Gasteiger partial charge is 0.363 e. The SMILES string of the molecule is CC(CN)CCC(=O)Nc1ccon1. The molecule has 0 aliphatic rings. The van der Waals surface area contributed by atoms with Crippen molar-refractivity contribution in [2.75, 3.05) is 11.9 Å². The molecular formula is C9H15N3O2. The Kier molecular flexibility index (Phi) is 4.12. The van der Waals surface area contributed by atoms with Crippen LogP contribution in [-0.4, -0.2) is 17.6 Å². The minimum atomic E-state index is -0.0563. The number of carbonyl (C=O) groups is 1. The molecule has 0 fully saturated rings. The van der Waals surface area contributed by atoms with Crippen molar-refractivity contribution in [2.24, 2.45) is 11.7 Å². The molecule has 14 heavy (non-hydrogen) atoms. The molecule has 0 bridgehead atoms. The molecule has 0 spiro atoms. The van der Waals surface area contributed by atoms with E-state index in [1.807, 2.05) is 6.92 Å². The molecule has 1 amide bonds. The zero-order chi connectivity index (χ0) is 10.4. The van der Waals surface area contributed by atoms with Gasteiger partial charge in [0.2, 0.25) is 5.91 Å². The predicted octanol–water partition coefficient (Wildman–Crippen LogP) is 0.988. The Morgan fingerprint density at radius 3 is 3.14 bits per heavy atom. The van der Waals surface area contributed by atoms with Gasteiger partial charge >= 0.3 is 0 Å². The topological polar surface area (TPSA) is 81.2 Å². The van der Waals surface area contributed by atoms with Gasteiger partial charge in [0.15, 0.2) is 5.82 Å². The smallest absolute Gasteiger partial charge is 0.225 e. The van der Waals surface area contributed by atoms with Crippen molar-refractivity contribution in [3.05, 3.63) is 12.3 Å². The molecule has 0 aliphatic heterocycles. The second kappa shape index (κ2) is 5.39. The number of nitrogens with zero attached hydrogens (tertiary/aromatic N) is 1. The normalized spacial score (nSPS) is 12.4. The van der Waals surface area contributed by atoms with E-state index in [4.69, 9.17) is 5.73 Å². The third-order valence-corrected chi connectivity index (χ3v) is 1.97. The number of carbonyl (C=O) groups excluding carboxylic acids is 1. The lowest BCUT2D eigenvalue weighted by atomic mass is 10.1.